The van der Waals surface area contributed by atoms with Crippen molar-refractivity contribution in [3.05, 3.63) is 77.6 Å². The molecule has 0 aliphatic carbocycles. The van der Waals surface area contributed by atoms with Crippen molar-refractivity contribution >= 4 is 17.6 Å². The molecule has 11 heteroatoms. The number of aromatic nitrogens is 1. The summed E-state index contributed by atoms with van der Waals surface area (Å²) >= 11 is 0. The van der Waals surface area contributed by atoms with Gasteiger partial charge in [0.2, 0.25) is 0 Å². The lowest BCUT2D eigenvalue weighted by Crippen LogP contribution is -2.38. The number of amides is 3. The number of hydrogen-bond acceptors (Lipinski definition) is 5. The first-order valence-electron chi connectivity index (χ1n) is 10.6. The van der Waals surface area contributed by atoms with Crippen molar-refractivity contribution in [3.8, 4) is 17.2 Å². The van der Waals surface area contributed by atoms with Crippen LogP contribution in [0.1, 0.15) is 21.6 Å². The van der Waals surface area contributed by atoms with Gasteiger partial charge < -0.3 is 25.0 Å². The highest BCUT2D eigenvalue weighted by molar-refractivity contribution is 5.92. The molecule has 0 unspecified atom stereocenters. The average Bonchev–Trinajstić information content (AvgIpc) is 2.83. The van der Waals surface area contributed by atoms with E-state index >= 15 is 0 Å². The quantitative estimate of drug-likeness (QED) is 0.544. The molecule has 2 aromatic carbocycles. The standard InChI is InChI=1S/C24H21F3N4O4/c1-28-22(32)21-13-20(8-10-29-21)34-19-5-2-15-9-11-31(14-16(15)12-19)23(33)30-17-3-6-18(7-4-17)35-24(25,26)27/h2-8,10,12-13H,9,11,14H2,1H3,(H,28,32)(H,30,33). The molecule has 0 atom stereocenters. The lowest BCUT2D eigenvalue weighted by Gasteiger charge is -2.29. The number of fused-ring (bicyclic) bond motifs is 1. The molecule has 0 spiro atoms. The van der Waals surface area contributed by atoms with Crippen LogP contribution in [0.3, 0.4) is 0 Å². The topological polar surface area (TPSA) is 92.8 Å². The van der Waals surface area contributed by atoms with E-state index < -0.39 is 6.36 Å². The van der Waals surface area contributed by atoms with E-state index in [4.69, 9.17) is 4.74 Å². The van der Waals surface area contributed by atoms with Gasteiger partial charge in [0.15, 0.2) is 0 Å². The maximum atomic E-state index is 12.7. The molecule has 0 radical (unpaired) electrons. The Kier molecular flexibility index (Phi) is 6.76. The van der Waals surface area contributed by atoms with Crippen molar-refractivity contribution in [2.75, 3.05) is 18.9 Å². The van der Waals surface area contributed by atoms with E-state index in [0.717, 1.165) is 23.3 Å². The molecule has 1 aliphatic rings. The van der Waals surface area contributed by atoms with Gasteiger partial charge in [0.1, 0.15) is 22.9 Å². The smallest absolute Gasteiger partial charge is 0.457 e. The minimum atomic E-state index is -4.78. The monoisotopic (exact) mass is 486 g/mol. The molecular weight excluding hydrogens is 465 g/mol. The largest absolute Gasteiger partial charge is 0.573 e. The van der Waals surface area contributed by atoms with Crippen LogP contribution >= 0.6 is 0 Å². The zero-order valence-corrected chi connectivity index (χ0v) is 18.6. The fourth-order valence-corrected chi connectivity index (χ4v) is 3.58. The summed E-state index contributed by atoms with van der Waals surface area (Å²) < 4.78 is 46.6. The van der Waals surface area contributed by atoms with Crippen LogP contribution in [0.2, 0.25) is 0 Å². The number of carbonyl (C=O) groups is 2. The van der Waals surface area contributed by atoms with Gasteiger partial charge in [-0.3, -0.25) is 9.78 Å². The first-order chi connectivity index (χ1) is 16.7. The number of anilines is 1. The Labute approximate surface area is 198 Å². The number of benzene rings is 2. The molecule has 1 aliphatic heterocycles. The van der Waals surface area contributed by atoms with E-state index in [1.807, 2.05) is 18.2 Å². The summed E-state index contributed by atoms with van der Waals surface area (Å²) in [5.74, 6) is 0.291. The minimum Gasteiger partial charge on any atom is -0.457 e. The van der Waals surface area contributed by atoms with Crippen molar-refractivity contribution < 1.29 is 32.2 Å². The summed E-state index contributed by atoms with van der Waals surface area (Å²) in [6.07, 6.45) is -2.66. The second-order valence-electron chi connectivity index (χ2n) is 7.66. The lowest BCUT2D eigenvalue weighted by atomic mass is 10.00. The maximum Gasteiger partial charge on any atom is 0.573 e. The van der Waals surface area contributed by atoms with Gasteiger partial charge in [-0.1, -0.05) is 6.07 Å². The number of alkyl halides is 3. The molecule has 0 bridgehead atoms. The Morgan fingerprint density at radius 1 is 0.971 bits per heavy atom. The molecule has 1 aromatic heterocycles. The number of ether oxygens (including phenoxy) is 2. The van der Waals surface area contributed by atoms with E-state index in [0.29, 0.717) is 36.7 Å². The summed E-state index contributed by atoms with van der Waals surface area (Å²) in [4.78, 5) is 30.1. The van der Waals surface area contributed by atoms with Gasteiger partial charge in [0, 0.05) is 38.1 Å². The average molecular weight is 486 g/mol. The molecule has 35 heavy (non-hydrogen) atoms. The Morgan fingerprint density at radius 3 is 2.40 bits per heavy atom. The Morgan fingerprint density at radius 2 is 1.69 bits per heavy atom. The third-order valence-electron chi connectivity index (χ3n) is 5.24. The fraction of sp³-hybridized carbons (Fsp3) is 0.208. The maximum absolute atomic E-state index is 12.7. The predicted molar refractivity (Wildman–Crippen MR) is 120 cm³/mol. The SMILES string of the molecule is CNC(=O)c1cc(Oc2ccc3c(c2)CN(C(=O)Nc2ccc(OC(F)(F)F)cc2)CC3)ccn1. The second kappa shape index (κ2) is 9.92. The first kappa shape index (κ1) is 23.9. The van der Waals surface area contributed by atoms with Crippen LogP contribution in [0, 0.1) is 0 Å². The minimum absolute atomic E-state index is 0.226. The van der Waals surface area contributed by atoms with Crippen LogP contribution in [0.15, 0.2) is 60.8 Å². The van der Waals surface area contributed by atoms with Gasteiger partial charge in [-0.25, -0.2) is 4.79 Å². The van der Waals surface area contributed by atoms with Crippen LogP contribution in [-0.4, -0.2) is 41.8 Å². The zero-order valence-electron chi connectivity index (χ0n) is 18.6. The van der Waals surface area contributed by atoms with Crippen molar-refractivity contribution in [2.24, 2.45) is 0 Å². The third kappa shape index (κ3) is 6.19. The van der Waals surface area contributed by atoms with E-state index in [1.54, 1.807) is 11.0 Å². The fourth-order valence-electron chi connectivity index (χ4n) is 3.58. The summed E-state index contributed by atoms with van der Waals surface area (Å²) in [6.45, 7) is 0.807. The van der Waals surface area contributed by atoms with Gasteiger partial charge in [0.25, 0.3) is 5.91 Å². The van der Waals surface area contributed by atoms with Crippen LogP contribution in [-0.2, 0) is 13.0 Å². The molecule has 4 rings (SSSR count). The van der Waals surface area contributed by atoms with Crippen molar-refractivity contribution in [3.63, 3.8) is 0 Å². The number of halogens is 3. The van der Waals surface area contributed by atoms with Crippen LogP contribution < -0.4 is 20.1 Å². The Hall–Kier alpha value is -4.28. The van der Waals surface area contributed by atoms with E-state index in [2.05, 4.69) is 20.4 Å². The molecule has 2 heterocycles. The molecule has 2 N–H and O–H groups in total. The normalized spacial score (nSPS) is 13.0. The summed E-state index contributed by atoms with van der Waals surface area (Å²) in [7, 11) is 1.51. The first-order valence-corrected chi connectivity index (χ1v) is 10.6. The lowest BCUT2D eigenvalue weighted by molar-refractivity contribution is -0.274. The number of nitrogens with one attached hydrogen (secondary N) is 2. The van der Waals surface area contributed by atoms with Gasteiger partial charge >= 0.3 is 12.4 Å². The summed E-state index contributed by atoms with van der Waals surface area (Å²) in [5.41, 5.74) is 2.55. The van der Waals surface area contributed by atoms with E-state index in [9.17, 15) is 22.8 Å². The highest BCUT2D eigenvalue weighted by Crippen LogP contribution is 2.28. The molecule has 8 nitrogen and oxygen atoms in total. The van der Waals surface area contributed by atoms with Gasteiger partial charge in [0.05, 0.1) is 0 Å². The summed E-state index contributed by atoms with van der Waals surface area (Å²) in [6, 6.07) is 13.3. The molecule has 0 saturated heterocycles. The van der Waals surface area contributed by atoms with Crippen molar-refractivity contribution in [2.45, 2.75) is 19.3 Å². The predicted octanol–water partition coefficient (Wildman–Crippen LogP) is 4.72. The molecule has 0 fully saturated rings. The van der Waals surface area contributed by atoms with Gasteiger partial charge in [-0.05, 0) is 60.0 Å². The van der Waals surface area contributed by atoms with Gasteiger partial charge in [-0.2, -0.15) is 0 Å². The number of urea groups is 1. The summed E-state index contributed by atoms with van der Waals surface area (Å²) in [5, 5.41) is 5.19. The van der Waals surface area contributed by atoms with Gasteiger partial charge in [-0.15, -0.1) is 13.2 Å². The van der Waals surface area contributed by atoms with Crippen LogP contribution in [0.4, 0.5) is 23.7 Å². The zero-order chi connectivity index (χ0) is 25.0. The number of pyridine rings is 1. The Bertz CT molecular complexity index is 1230. The number of rotatable bonds is 5. The third-order valence-corrected chi connectivity index (χ3v) is 5.24. The van der Waals surface area contributed by atoms with Crippen LogP contribution in [0.5, 0.6) is 17.2 Å². The number of carbonyl (C=O) groups excluding carboxylic acids is 2. The highest BCUT2D eigenvalue weighted by atomic mass is 19.4. The molecule has 3 amide bonds. The highest BCUT2D eigenvalue weighted by Gasteiger charge is 2.31. The Balaban J connectivity index is 1.40. The van der Waals surface area contributed by atoms with E-state index in [-0.39, 0.29) is 23.4 Å². The number of hydrogen-bond donors (Lipinski definition) is 2. The second-order valence-corrected chi connectivity index (χ2v) is 7.66. The van der Waals surface area contributed by atoms with Crippen LogP contribution in [0.25, 0.3) is 0 Å². The van der Waals surface area contributed by atoms with Crippen molar-refractivity contribution in [1.82, 2.24) is 15.2 Å². The number of nitrogens with zero attached hydrogens (tertiary/aromatic N) is 2. The van der Waals surface area contributed by atoms with Crippen molar-refractivity contribution in [1.29, 1.82) is 0 Å². The molecule has 182 valence electrons. The molecular formula is C24H21F3N4O4. The molecule has 0 saturated carbocycles. The molecule has 3 aromatic rings. The van der Waals surface area contributed by atoms with E-state index in [1.165, 1.54) is 31.4 Å².